The molecule has 41 heavy (non-hydrogen) atoms. The molecule has 0 aliphatic rings. The van der Waals surface area contributed by atoms with Crippen molar-refractivity contribution in [3.05, 3.63) is 86.3 Å². The molecule has 1 unspecified atom stereocenters. The van der Waals surface area contributed by atoms with Gasteiger partial charge in [-0.2, -0.15) is 0 Å². The number of halogens is 3. The average Bonchev–Trinajstić information content (AvgIpc) is 2.91. The van der Waals surface area contributed by atoms with Crippen molar-refractivity contribution < 1.29 is 22.7 Å². The van der Waals surface area contributed by atoms with Crippen LogP contribution in [0.3, 0.4) is 0 Å². The van der Waals surface area contributed by atoms with Gasteiger partial charge >= 0.3 is 0 Å². The molecule has 0 heterocycles. The Kier molecular flexibility index (Phi) is 11.1. The second-order valence-corrected chi connectivity index (χ2v) is 13.3. The summed E-state index contributed by atoms with van der Waals surface area (Å²) in [7, 11) is -2.76. The smallest absolute Gasteiger partial charge is 0.264 e. The molecule has 0 bridgehead atoms. The summed E-state index contributed by atoms with van der Waals surface area (Å²) in [5.74, 6) is -0.504. The van der Waals surface area contributed by atoms with Crippen LogP contribution in [0.5, 0.6) is 5.75 Å². The van der Waals surface area contributed by atoms with E-state index in [4.69, 9.17) is 27.9 Å². The molecule has 0 aliphatic heterocycles. The fourth-order valence-electron chi connectivity index (χ4n) is 4.00. The Balaban J connectivity index is 2.06. The highest BCUT2D eigenvalue weighted by Gasteiger charge is 2.33. The summed E-state index contributed by atoms with van der Waals surface area (Å²) in [6.45, 7) is 6.54. The monoisotopic (exact) mass is 683 g/mol. The number of methoxy groups -OCH3 is 1. The number of nitrogens with one attached hydrogen (secondary N) is 1. The predicted octanol–water partition coefficient (Wildman–Crippen LogP) is 6.21. The van der Waals surface area contributed by atoms with E-state index in [1.807, 2.05) is 20.8 Å². The van der Waals surface area contributed by atoms with Crippen LogP contribution in [0.2, 0.25) is 10.0 Å². The minimum Gasteiger partial charge on any atom is -0.496 e. The second kappa shape index (κ2) is 13.9. The van der Waals surface area contributed by atoms with Crippen molar-refractivity contribution in [2.45, 2.75) is 51.2 Å². The summed E-state index contributed by atoms with van der Waals surface area (Å²) < 4.78 is 34.7. The molecule has 3 aromatic carbocycles. The molecule has 2 amide bonds. The molecule has 0 saturated carbocycles. The average molecular weight is 685 g/mol. The first-order valence-electron chi connectivity index (χ1n) is 12.7. The lowest BCUT2D eigenvalue weighted by molar-refractivity contribution is -0.139. The van der Waals surface area contributed by atoms with E-state index in [9.17, 15) is 18.0 Å². The molecule has 3 aromatic rings. The van der Waals surface area contributed by atoms with E-state index in [0.717, 1.165) is 9.87 Å². The molecule has 0 aromatic heterocycles. The molecule has 0 saturated heterocycles. The molecule has 0 radical (unpaired) electrons. The number of benzene rings is 3. The van der Waals surface area contributed by atoms with Gasteiger partial charge in [-0.3, -0.25) is 13.9 Å². The molecule has 220 valence electrons. The molecular weight excluding hydrogens is 653 g/mol. The van der Waals surface area contributed by atoms with Crippen LogP contribution in [0.15, 0.2) is 70.0 Å². The number of amides is 2. The number of carbonyl (C=O) groups is 2. The standard InChI is InChI=1S/C29H32BrCl2N3O5S/c1-18(2)33-29(37)20(4)34(16-21-8-12-25(31)26(32)14-21)28(36)17-35(22-9-6-19(3)7-10-22)41(38,39)23-11-13-27(40-5)24(30)15-23/h6-15,18,20H,16-17H2,1-5H3,(H,33,37). The molecule has 0 aliphatic carbocycles. The molecule has 0 fully saturated rings. The second-order valence-electron chi connectivity index (χ2n) is 9.75. The molecule has 1 atom stereocenters. The number of rotatable bonds is 11. The van der Waals surface area contributed by atoms with E-state index < -0.39 is 28.5 Å². The Morgan fingerprint density at radius 1 is 0.976 bits per heavy atom. The molecular formula is C29H32BrCl2N3O5S. The Morgan fingerprint density at radius 3 is 2.20 bits per heavy atom. The lowest BCUT2D eigenvalue weighted by Crippen LogP contribution is -2.52. The molecule has 3 rings (SSSR count). The van der Waals surface area contributed by atoms with E-state index in [1.165, 1.54) is 30.2 Å². The van der Waals surface area contributed by atoms with Crippen LogP contribution < -0.4 is 14.4 Å². The first kappa shape index (κ1) is 32.7. The zero-order chi connectivity index (χ0) is 30.5. The number of ether oxygens (including phenoxy) is 1. The van der Waals surface area contributed by atoms with Crippen molar-refractivity contribution in [1.29, 1.82) is 0 Å². The van der Waals surface area contributed by atoms with E-state index in [-0.39, 0.29) is 23.4 Å². The largest absolute Gasteiger partial charge is 0.496 e. The van der Waals surface area contributed by atoms with Gasteiger partial charge in [0.25, 0.3) is 10.0 Å². The van der Waals surface area contributed by atoms with Crippen LogP contribution in [-0.4, -0.2) is 50.9 Å². The van der Waals surface area contributed by atoms with Gasteiger partial charge in [0, 0.05) is 12.6 Å². The quantitative estimate of drug-likeness (QED) is 0.259. The topological polar surface area (TPSA) is 96.0 Å². The van der Waals surface area contributed by atoms with Crippen molar-refractivity contribution >= 4 is 66.7 Å². The van der Waals surface area contributed by atoms with Gasteiger partial charge in [-0.1, -0.05) is 47.0 Å². The lowest BCUT2D eigenvalue weighted by atomic mass is 10.1. The van der Waals surface area contributed by atoms with Gasteiger partial charge in [-0.05, 0) is 91.7 Å². The maximum atomic E-state index is 14.0. The SMILES string of the molecule is COc1ccc(S(=O)(=O)N(CC(=O)N(Cc2ccc(Cl)c(Cl)c2)C(C)C(=O)NC(C)C)c2ccc(C)cc2)cc1Br. The van der Waals surface area contributed by atoms with E-state index >= 15 is 0 Å². The number of carbonyl (C=O) groups excluding carboxylic acids is 2. The highest BCUT2D eigenvalue weighted by atomic mass is 79.9. The summed E-state index contributed by atoms with van der Waals surface area (Å²) in [5, 5.41) is 3.46. The van der Waals surface area contributed by atoms with Gasteiger partial charge in [0.05, 0.1) is 32.2 Å². The van der Waals surface area contributed by atoms with E-state index in [0.29, 0.717) is 31.5 Å². The minimum atomic E-state index is -4.23. The summed E-state index contributed by atoms with van der Waals surface area (Å²) in [6.07, 6.45) is 0. The zero-order valence-corrected chi connectivity index (χ0v) is 27.2. The normalized spacial score (nSPS) is 12.1. The lowest BCUT2D eigenvalue weighted by Gasteiger charge is -2.32. The third kappa shape index (κ3) is 8.16. The summed E-state index contributed by atoms with van der Waals surface area (Å²) in [6, 6.07) is 15.0. The van der Waals surface area contributed by atoms with Crippen LogP contribution in [0.1, 0.15) is 31.9 Å². The molecule has 1 N–H and O–H groups in total. The Bertz CT molecular complexity index is 1520. The molecule has 12 heteroatoms. The number of anilines is 1. The van der Waals surface area contributed by atoms with Gasteiger partial charge in [0.1, 0.15) is 18.3 Å². The van der Waals surface area contributed by atoms with Gasteiger partial charge < -0.3 is 15.0 Å². The zero-order valence-electron chi connectivity index (χ0n) is 23.3. The van der Waals surface area contributed by atoms with Gasteiger partial charge in [0.15, 0.2) is 0 Å². The maximum absolute atomic E-state index is 14.0. The highest BCUT2D eigenvalue weighted by molar-refractivity contribution is 9.10. The fraction of sp³-hybridized carbons (Fsp3) is 0.310. The number of sulfonamides is 1. The Hall–Kier alpha value is -2.79. The molecule has 0 spiro atoms. The van der Waals surface area contributed by atoms with Gasteiger partial charge in [-0.25, -0.2) is 8.42 Å². The van der Waals surface area contributed by atoms with Crippen LogP contribution in [0.4, 0.5) is 5.69 Å². The predicted molar refractivity (Wildman–Crippen MR) is 166 cm³/mol. The summed E-state index contributed by atoms with van der Waals surface area (Å²) >= 11 is 15.6. The van der Waals surface area contributed by atoms with Crippen molar-refractivity contribution in [2.24, 2.45) is 0 Å². The first-order chi connectivity index (χ1) is 19.2. The number of nitrogens with zero attached hydrogens (tertiary/aromatic N) is 2. The van der Waals surface area contributed by atoms with Crippen molar-refractivity contribution in [3.8, 4) is 5.75 Å². The first-order valence-corrected chi connectivity index (χ1v) is 15.7. The van der Waals surface area contributed by atoms with Crippen molar-refractivity contribution in [2.75, 3.05) is 18.0 Å². The van der Waals surface area contributed by atoms with Crippen LogP contribution >= 0.6 is 39.1 Å². The number of hydrogen-bond donors (Lipinski definition) is 1. The van der Waals surface area contributed by atoms with E-state index in [1.54, 1.807) is 49.4 Å². The number of aryl methyl sites for hydroxylation is 1. The van der Waals surface area contributed by atoms with Crippen molar-refractivity contribution in [1.82, 2.24) is 10.2 Å². The van der Waals surface area contributed by atoms with E-state index in [2.05, 4.69) is 21.2 Å². The highest BCUT2D eigenvalue weighted by Crippen LogP contribution is 2.31. The maximum Gasteiger partial charge on any atom is 0.264 e. The van der Waals surface area contributed by atoms with Gasteiger partial charge in [-0.15, -0.1) is 0 Å². The minimum absolute atomic E-state index is 0.00171. The third-order valence-electron chi connectivity index (χ3n) is 6.25. The summed E-state index contributed by atoms with van der Waals surface area (Å²) in [4.78, 5) is 28.3. The Morgan fingerprint density at radius 2 is 1.63 bits per heavy atom. The van der Waals surface area contributed by atoms with Crippen LogP contribution in [0, 0.1) is 6.92 Å². The van der Waals surface area contributed by atoms with Crippen molar-refractivity contribution in [3.63, 3.8) is 0 Å². The van der Waals surface area contributed by atoms with Gasteiger partial charge in [0.2, 0.25) is 11.8 Å². The molecule has 8 nitrogen and oxygen atoms in total. The van der Waals surface area contributed by atoms with Crippen LogP contribution in [-0.2, 0) is 26.2 Å². The Labute approximate surface area is 259 Å². The third-order valence-corrected chi connectivity index (χ3v) is 9.38. The number of hydrogen-bond acceptors (Lipinski definition) is 5. The van der Waals surface area contributed by atoms with Crippen LogP contribution in [0.25, 0.3) is 0 Å². The summed E-state index contributed by atoms with van der Waals surface area (Å²) in [5.41, 5.74) is 1.84. The fourth-order valence-corrected chi connectivity index (χ4v) is 6.45.